The molecule has 0 saturated carbocycles. The Morgan fingerprint density at radius 1 is 0.524 bits per heavy atom. The summed E-state index contributed by atoms with van der Waals surface area (Å²) in [6.07, 6.45) is 0. The molecule has 14 heteroatoms. The van der Waals surface area contributed by atoms with Crippen molar-refractivity contribution in [3.8, 4) is 23.0 Å². The lowest BCUT2D eigenvalue weighted by Gasteiger charge is -2.37. The Morgan fingerprint density at radius 3 is 1.48 bits per heavy atom. The summed E-state index contributed by atoms with van der Waals surface area (Å²) >= 11 is 0. The highest BCUT2D eigenvalue weighted by Crippen LogP contribution is 2.57. The maximum Gasteiger partial charge on any atom is 0.347 e. The molecule has 1 spiro atoms. The standard InChI is InChI=1S/C28H30N2O3.C10H15NO.C8H4O4.C2H4O2.CH2O/c1-5-29(6-2)19-13-15-23-25(17-19)32-26-18-20(30(7-3)8-4)14-16-24(26)28(23)22-12-10-9-11-21(22)27(31)33-28;1-3-11(4-2)9-6-5-7-10(12)8-9;9-4-1-2-5-6(3-4)8(11)12-7(5)10;1-2(3)4;1-2/h9-18H,5-8H2,1-4H3;5-8,12H,3-4H2,1-2H3;1-3,9H;1H3,(H,3,4);1H2. The van der Waals surface area contributed by atoms with E-state index in [1.54, 1.807) is 12.1 Å². The summed E-state index contributed by atoms with van der Waals surface area (Å²) in [5.74, 6) is -0.757. The number of fused-ring (bicyclic) bond motifs is 7. The van der Waals surface area contributed by atoms with Crippen LogP contribution in [-0.4, -0.2) is 85.3 Å². The van der Waals surface area contributed by atoms with Crippen molar-refractivity contribution in [2.45, 2.75) is 54.1 Å². The van der Waals surface area contributed by atoms with Gasteiger partial charge in [-0.15, -0.1) is 0 Å². The number of carbonyl (C=O) groups is 5. The fourth-order valence-electron chi connectivity index (χ4n) is 7.58. The minimum absolute atomic E-state index is 0.0552. The number of aliphatic carboxylic acids is 1. The Labute approximate surface area is 367 Å². The van der Waals surface area contributed by atoms with Crippen molar-refractivity contribution >= 4 is 47.7 Å². The number of carboxylic acids is 1. The fraction of sp³-hybridized carbons (Fsp3) is 0.286. The van der Waals surface area contributed by atoms with Crippen molar-refractivity contribution in [1.82, 2.24) is 0 Å². The maximum absolute atomic E-state index is 13.0. The van der Waals surface area contributed by atoms with E-state index in [1.807, 2.05) is 43.2 Å². The lowest BCUT2D eigenvalue weighted by atomic mass is 9.77. The molecule has 0 unspecified atom stereocenters. The molecule has 332 valence electrons. The van der Waals surface area contributed by atoms with Crippen LogP contribution in [0.3, 0.4) is 0 Å². The number of rotatable bonds is 9. The van der Waals surface area contributed by atoms with E-state index in [0.717, 1.165) is 91.4 Å². The van der Waals surface area contributed by atoms with Gasteiger partial charge in [0.15, 0.2) is 5.60 Å². The number of carbonyl (C=O) groups excluding carboxylic acids is 4. The first-order valence-corrected chi connectivity index (χ1v) is 20.7. The number of hydrogen-bond acceptors (Lipinski definition) is 13. The number of ether oxygens (including phenoxy) is 3. The minimum Gasteiger partial charge on any atom is -0.508 e. The van der Waals surface area contributed by atoms with Crippen LogP contribution in [0.5, 0.6) is 23.0 Å². The van der Waals surface area contributed by atoms with Crippen LogP contribution >= 0.6 is 0 Å². The number of esters is 3. The number of phenols is 2. The fourth-order valence-corrected chi connectivity index (χ4v) is 7.58. The monoisotopic (exact) mass is 861 g/mol. The molecule has 63 heavy (non-hydrogen) atoms. The van der Waals surface area contributed by atoms with Crippen molar-refractivity contribution in [2.24, 2.45) is 0 Å². The number of nitrogens with zero attached hydrogens (tertiary/aromatic N) is 3. The van der Waals surface area contributed by atoms with Gasteiger partial charge < -0.3 is 49.0 Å². The third kappa shape index (κ3) is 10.6. The molecule has 8 rings (SSSR count). The van der Waals surface area contributed by atoms with Gasteiger partial charge in [0.2, 0.25) is 0 Å². The van der Waals surface area contributed by atoms with E-state index in [9.17, 15) is 19.5 Å². The Balaban J connectivity index is 0.000000236. The van der Waals surface area contributed by atoms with E-state index in [2.05, 4.69) is 97.4 Å². The van der Waals surface area contributed by atoms with Crippen LogP contribution in [0, 0.1) is 0 Å². The normalized spacial score (nSPS) is 12.8. The minimum atomic E-state index is -1.01. The third-order valence-corrected chi connectivity index (χ3v) is 10.5. The average molecular weight is 862 g/mol. The predicted octanol–water partition coefficient (Wildman–Crippen LogP) is 8.79. The molecule has 0 fully saturated rings. The first kappa shape index (κ1) is 48.3. The van der Waals surface area contributed by atoms with Crippen molar-refractivity contribution in [1.29, 1.82) is 0 Å². The molecule has 0 radical (unpaired) electrons. The zero-order valence-corrected chi connectivity index (χ0v) is 36.7. The smallest absolute Gasteiger partial charge is 0.347 e. The van der Waals surface area contributed by atoms with E-state index >= 15 is 0 Å². The van der Waals surface area contributed by atoms with E-state index in [-0.39, 0.29) is 22.8 Å². The average Bonchev–Trinajstić information content (AvgIpc) is 3.73. The summed E-state index contributed by atoms with van der Waals surface area (Å²) in [7, 11) is 0. The quantitative estimate of drug-likeness (QED) is 0.0944. The molecule has 0 aliphatic carbocycles. The Morgan fingerprint density at radius 2 is 0.984 bits per heavy atom. The molecule has 5 aromatic rings. The number of phenolic OH excluding ortho intramolecular Hbond substituents is 2. The second-order valence-corrected chi connectivity index (χ2v) is 14.0. The Hall–Kier alpha value is -7.35. The van der Waals surface area contributed by atoms with Gasteiger partial charge in [-0.05, 0) is 102 Å². The molecule has 3 aliphatic rings. The molecule has 3 N–H and O–H groups in total. The summed E-state index contributed by atoms with van der Waals surface area (Å²) in [4.78, 5) is 58.5. The predicted molar refractivity (Wildman–Crippen MR) is 242 cm³/mol. The van der Waals surface area contributed by atoms with E-state index in [1.165, 1.54) is 18.2 Å². The highest BCUT2D eigenvalue weighted by Gasteiger charge is 2.53. The zero-order valence-electron chi connectivity index (χ0n) is 36.7. The molecule has 0 amide bonds. The van der Waals surface area contributed by atoms with Crippen molar-refractivity contribution in [3.05, 3.63) is 137 Å². The lowest BCUT2D eigenvalue weighted by molar-refractivity contribution is -0.134. The SMILES string of the molecule is C=O.CC(=O)O.CCN(CC)c1ccc2c(c1)Oc1cc(N(CC)CC)ccc1C21OC(=O)c2ccccc21.CCN(CC)c1cccc(O)c1.O=C1OC(=O)c2cc(O)ccc21. The van der Waals surface area contributed by atoms with E-state index in [0.29, 0.717) is 11.3 Å². The Bertz CT molecular complexity index is 2340. The molecular weight excluding hydrogens is 807 g/mol. The van der Waals surface area contributed by atoms with Crippen molar-refractivity contribution in [2.75, 3.05) is 54.0 Å². The molecule has 3 heterocycles. The van der Waals surface area contributed by atoms with Gasteiger partial charge in [0.25, 0.3) is 5.97 Å². The molecule has 3 aliphatic heterocycles. The summed E-state index contributed by atoms with van der Waals surface area (Å²) in [5, 5.41) is 25.6. The second-order valence-electron chi connectivity index (χ2n) is 14.0. The van der Waals surface area contributed by atoms with Gasteiger partial charge >= 0.3 is 17.9 Å². The number of cyclic esters (lactones) is 2. The molecule has 5 aromatic carbocycles. The van der Waals surface area contributed by atoms with Crippen LogP contribution < -0.4 is 19.4 Å². The molecule has 0 saturated heterocycles. The van der Waals surface area contributed by atoms with Gasteiger partial charge in [-0.3, -0.25) is 4.79 Å². The molecular formula is C49H55N3O11. The largest absolute Gasteiger partial charge is 0.508 e. The summed E-state index contributed by atoms with van der Waals surface area (Å²) in [6.45, 7) is 21.4. The van der Waals surface area contributed by atoms with Crippen molar-refractivity contribution < 1.29 is 53.5 Å². The van der Waals surface area contributed by atoms with Crippen LogP contribution in [0.25, 0.3) is 0 Å². The van der Waals surface area contributed by atoms with Crippen LogP contribution in [0.4, 0.5) is 17.1 Å². The first-order chi connectivity index (χ1) is 30.3. The summed E-state index contributed by atoms with van der Waals surface area (Å²) in [6, 6.07) is 31.4. The summed E-state index contributed by atoms with van der Waals surface area (Å²) < 4.78 is 17.1. The molecule has 0 atom stereocenters. The van der Waals surface area contributed by atoms with Crippen molar-refractivity contribution in [3.63, 3.8) is 0 Å². The molecule has 0 bridgehead atoms. The zero-order chi connectivity index (χ0) is 46.4. The van der Waals surface area contributed by atoms with E-state index in [4.69, 9.17) is 29.3 Å². The van der Waals surface area contributed by atoms with E-state index < -0.39 is 23.5 Å². The van der Waals surface area contributed by atoms with Crippen LogP contribution in [-0.2, 0) is 24.7 Å². The van der Waals surface area contributed by atoms with Crippen LogP contribution in [0.15, 0.2) is 103 Å². The maximum atomic E-state index is 13.0. The van der Waals surface area contributed by atoms with Gasteiger partial charge in [-0.2, -0.15) is 0 Å². The highest BCUT2D eigenvalue weighted by atomic mass is 16.6. The lowest BCUT2D eigenvalue weighted by Crippen LogP contribution is -2.33. The first-order valence-electron chi connectivity index (χ1n) is 20.7. The second kappa shape index (κ2) is 22.0. The number of aromatic hydroxyl groups is 2. The van der Waals surface area contributed by atoms with Gasteiger partial charge in [0.1, 0.15) is 29.8 Å². The Kier molecular flexibility index (Phi) is 16.8. The summed E-state index contributed by atoms with van der Waals surface area (Å²) in [5.41, 5.74) is 5.78. The topological polar surface area (TPSA) is 183 Å². The number of benzene rings is 5. The third-order valence-electron chi connectivity index (χ3n) is 10.5. The molecule has 0 aromatic heterocycles. The molecule has 14 nitrogen and oxygen atoms in total. The van der Waals surface area contributed by atoms with Gasteiger partial charge in [-0.1, -0.05) is 24.3 Å². The highest BCUT2D eigenvalue weighted by molar-refractivity contribution is 6.14. The number of hydrogen-bond donors (Lipinski definition) is 3. The van der Waals surface area contributed by atoms with Gasteiger partial charge in [-0.25, -0.2) is 14.4 Å². The van der Waals surface area contributed by atoms with Gasteiger partial charge in [0, 0.05) is 98.1 Å². The van der Waals surface area contributed by atoms with Gasteiger partial charge in [0.05, 0.1) is 16.7 Å². The number of carboxylic acid groups (broad SMARTS) is 1. The van der Waals surface area contributed by atoms with Crippen LogP contribution in [0.1, 0.15) is 96.2 Å². The number of anilines is 3. The van der Waals surface area contributed by atoms with Crippen LogP contribution in [0.2, 0.25) is 0 Å².